The highest BCUT2D eigenvalue weighted by Crippen LogP contribution is 2.36. The Kier molecular flexibility index (Phi) is 5.28. The van der Waals surface area contributed by atoms with E-state index in [0.717, 1.165) is 45.6 Å². The molecule has 0 saturated carbocycles. The molecular weight excluding hydrogens is 290 g/mol. The Morgan fingerprint density at radius 1 is 1.26 bits per heavy atom. The minimum absolute atomic E-state index is 0.188. The number of carbonyl (C=O) groups excluding carboxylic acids is 1. The number of amides is 1. The van der Waals surface area contributed by atoms with Crippen LogP contribution in [-0.2, 0) is 11.3 Å². The van der Waals surface area contributed by atoms with Crippen molar-refractivity contribution in [3.8, 4) is 0 Å². The van der Waals surface area contributed by atoms with E-state index in [1.807, 2.05) is 17.3 Å². The molecule has 23 heavy (non-hydrogen) atoms. The SMILES string of the molecule is CC(=O)N1CCC([C@@H]2CN(Cc3ccncc3)C[C@H]2CO)CC1. The first-order chi connectivity index (χ1) is 11.2. The van der Waals surface area contributed by atoms with Gasteiger partial charge < -0.3 is 10.0 Å². The minimum atomic E-state index is 0.188. The summed E-state index contributed by atoms with van der Waals surface area (Å²) in [5, 5.41) is 9.79. The molecule has 126 valence electrons. The summed E-state index contributed by atoms with van der Waals surface area (Å²) >= 11 is 0. The zero-order chi connectivity index (χ0) is 16.2. The van der Waals surface area contributed by atoms with Crippen LogP contribution in [0.4, 0.5) is 0 Å². The maximum Gasteiger partial charge on any atom is 0.219 e. The monoisotopic (exact) mass is 317 g/mol. The van der Waals surface area contributed by atoms with Crippen molar-refractivity contribution in [1.82, 2.24) is 14.8 Å². The molecule has 5 nitrogen and oxygen atoms in total. The minimum Gasteiger partial charge on any atom is -0.396 e. The zero-order valence-corrected chi connectivity index (χ0v) is 13.9. The van der Waals surface area contributed by atoms with Gasteiger partial charge in [0, 0.05) is 58.6 Å². The molecule has 3 heterocycles. The van der Waals surface area contributed by atoms with Crippen LogP contribution in [-0.4, -0.2) is 58.6 Å². The maximum absolute atomic E-state index is 11.5. The van der Waals surface area contributed by atoms with Gasteiger partial charge in [0.25, 0.3) is 0 Å². The van der Waals surface area contributed by atoms with Crippen molar-refractivity contribution in [2.75, 3.05) is 32.8 Å². The standard InChI is InChI=1S/C18H27N3O2/c1-14(23)21-8-4-16(5-9-21)18-12-20(11-17(18)13-22)10-15-2-6-19-7-3-15/h2-3,6-7,16-18,22H,4-5,8-13H2,1H3/t17-,18-/m0/s1. The molecular formula is C18H27N3O2. The molecule has 0 aliphatic carbocycles. The van der Waals surface area contributed by atoms with Crippen molar-refractivity contribution < 1.29 is 9.90 Å². The molecule has 2 aliphatic rings. The van der Waals surface area contributed by atoms with Crippen LogP contribution >= 0.6 is 0 Å². The summed E-state index contributed by atoms with van der Waals surface area (Å²) in [4.78, 5) is 20.0. The highest BCUT2D eigenvalue weighted by molar-refractivity contribution is 5.73. The summed E-state index contributed by atoms with van der Waals surface area (Å²) in [5.41, 5.74) is 1.28. The largest absolute Gasteiger partial charge is 0.396 e. The number of likely N-dealkylation sites (tertiary alicyclic amines) is 2. The van der Waals surface area contributed by atoms with Crippen molar-refractivity contribution >= 4 is 5.91 Å². The van der Waals surface area contributed by atoms with E-state index in [2.05, 4.69) is 22.0 Å². The van der Waals surface area contributed by atoms with Gasteiger partial charge in [-0.1, -0.05) is 0 Å². The molecule has 1 aromatic heterocycles. The van der Waals surface area contributed by atoms with Crippen LogP contribution in [0, 0.1) is 17.8 Å². The topological polar surface area (TPSA) is 56.7 Å². The van der Waals surface area contributed by atoms with Gasteiger partial charge in [-0.3, -0.25) is 14.7 Å². The third-order valence-electron chi connectivity index (χ3n) is 5.55. The second kappa shape index (κ2) is 7.41. The smallest absolute Gasteiger partial charge is 0.219 e. The molecule has 0 aromatic carbocycles. The fourth-order valence-corrected chi connectivity index (χ4v) is 4.23. The Morgan fingerprint density at radius 2 is 1.96 bits per heavy atom. The van der Waals surface area contributed by atoms with Gasteiger partial charge >= 0.3 is 0 Å². The molecule has 0 spiro atoms. The third-order valence-corrected chi connectivity index (χ3v) is 5.55. The van der Waals surface area contributed by atoms with Crippen molar-refractivity contribution in [1.29, 1.82) is 0 Å². The van der Waals surface area contributed by atoms with Gasteiger partial charge in [0.1, 0.15) is 0 Å². The van der Waals surface area contributed by atoms with Gasteiger partial charge in [-0.2, -0.15) is 0 Å². The van der Waals surface area contributed by atoms with Gasteiger partial charge in [-0.25, -0.2) is 0 Å². The Balaban J connectivity index is 1.58. The fraction of sp³-hybridized carbons (Fsp3) is 0.667. The number of pyridine rings is 1. The summed E-state index contributed by atoms with van der Waals surface area (Å²) in [7, 11) is 0. The lowest BCUT2D eigenvalue weighted by Gasteiger charge is -2.36. The van der Waals surface area contributed by atoms with Crippen molar-refractivity contribution in [3.05, 3.63) is 30.1 Å². The predicted molar refractivity (Wildman–Crippen MR) is 88.6 cm³/mol. The lowest BCUT2D eigenvalue weighted by Crippen LogP contribution is -2.40. The number of aliphatic hydroxyl groups excluding tert-OH is 1. The molecule has 0 radical (unpaired) electrons. The summed E-state index contributed by atoms with van der Waals surface area (Å²) in [6.45, 7) is 6.63. The van der Waals surface area contributed by atoms with Gasteiger partial charge in [-0.05, 0) is 48.3 Å². The van der Waals surface area contributed by atoms with E-state index in [9.17, 15) is 9.90 Å². The molecule has 2 saturated heterocycles. The van der Waals surface area contributed by atoms with Crippen LogP contribution in [0.2, 0.25) is 0 Å². The number of piperidine rings is 1. The summed E-state index contributed by atoms with van der Waals surface area (Å²) < 4.78 is 0. The number of nitrogens with zero attached hydrogens (tertiary/aromatic N) is 3. The van der Waals surface area contributed by atoms with Gasteiger partial charge in [0.05, 0.1) is 0 Å². The average Bonchev–Trinajstić information content (AvgIpc) is 2.98. The summed E-state index contributed by atoms with van der Waals surface area (Å²) in [6.07, 6.45) is 5.82. The van der Waals surface area contributed by atoms with Crippen molar-refractivity contribution in [3.63, 3.8) is 0 Å². The summed E-state index contributed by atoms with van der Waals surface area (Å²) in [5.74, 6) is 1.74. The van der Waals surface area contributed by atoms with Crippen LogP contribution in [0.3, 0.4) is 0 Å². The Labute approximate surface area is 138 Å². The van der Waals surface area contributed by atoms with E-state index in [4.69, 9.17) is 0 Å². The lowest BCUT2D eigenvalue weighted by molar-refractivity contribution is -0.130. The normalized spacial score (nSPS) is 26.6. The maximum atomic E-state index is 11.5. The van der Waals surface area contributed by atoms with E-state index in [-0.39, 0.29) is 12.5 Å². The van der Waals surface area contributed by atoms with E-state index in [1.54, 1.807) is 6.92 Å². The van der Waals surface area contributed by atoms with Gasteiger partial charge in [0.2, 0.25) is 5.91 Å². The van der Waals surface area contributed by atoms with Crippen molar-refractivity contribution in [2.45, 2.75) is 26.3 Å². The highest BCUT2D eigenvalue weighted by Gasteiger charge is 2.38. The van der Waals surface area contributed by atoms with E-state index < -0.39 is 0 Å². The molecule has 1 N–H and O–H groups in total. The second-order valence-corrected chi connectivity index (χ2v) is 7.00. The van der Waals surface area contributed by atoms with Gasteiger partial charge in [0.15, 0.2) is 0 Å². The first-order valence-electron chi connectivity index (χ1n) is 8.65. The van der Waals surface area contributed by atoms with E-state index in [0.29, 0.717) is 17.8 Å². The van der Waals surface area contributed by atoms with Gasteiger partial charge in [-0.15, -0.1) is 0 Å². The zero-order valence-electron chi connectivity index (χ0n) is 13.9. The third kappa shape index (κ3) is 3.90. The van der Waals surface area contributed by atoms with Crippen LogP contribution in [0.15, 0.2) is 24.5 Å². The second-order valence-electron chi connectivity index (χ2n) is 7.00. The number of aliphatic hydroxyl groups is 1. The molecule has 1 aromatic rings. The first kappa shape index (κ1) is 16.4. The molecule has 3 rings (SSSR count). The molecule has 2 aliphatic heterocycles. The fourth-order valence-electron chi connectivity index (χ4n) is 4.23. The predicted octanol–water partition coefficient (Wildman–Crippen LogP) is 1.38. The van der Waals surface area contributed by atoms with Crippen LogP contribution < -0.4 is 0 Å². The molecule has 1 amide bonds. The van der Waals surface area contributed by atoms with Crippen LogP contribution in [0.25, 0.3) is 0 Å². The molecule has 2 fully saturated rings. The number of hydrogen-bond donors (Lipinski definition) is 1. The average molecular weight is 317 g/mol. The Bertz CT molecular complexity index is 514. The summed E-state index contributed by atoms with van der Waals surface area (Å²) in [6, 6.07) is 4.12. The quantitative estimate of drug-likeness (QED) is 0.911. The number of carbonyl (C=O) groups is 1. The number of hydrogen-bond acceptors (Lipinski definition) is 4. The molecule has 5 heteroatoms. The van der Waals surface area contributed by atoms with Crippen LogP contribution in [0.1, 0.15) is 25.3 Å². The van der Waals surface area contributed by atoms with Crippen molar-refractivity contribution in [2.24, 2.45) is 17.8 Å². The molecule has 0 bridgehead atoms. The Hall–Kier alpha value is -1.46. The Morgan fingerprint density at radius 3 is 2.57 bits per heavy atom. The van der Waals surface area contributed by atoms with E-state index >= 15 is 0 Å². The highest BCUT2D eigenvalue weighted by atomic mass is 16.3. The first-order valence-corrected chi connectivity index (χ1v) is 8.65. The molecule has 2 atom stereocenters. The van der Waals surface area contributed by atoms with E-state index in [1.165, 1.54) is 5.56 Å². The number of aromatic nitrogens is 1. The van der Waals surface area contributed by atoms with Crippen LogP contribution in [0.5, 0.6) is 0 Å². The lowest BCUT2D eigenvalue weighted by atomic mass is 9.79. The molecule has 0 unspecified atom stereocenters. The number of rotatable bonds is 4.